The number of carbonyl (C=O) groups is 1. The van der Waals surface area contributed by atoms with Crippen molar-refractivity contribution in [2.24, 2.45) is 0 Å². The largest absolute Gasteiger partial charge is 0.367 e. The van der Waals surface area contributed by atoms with Crippen LogP contribution in [0.2, 0.25) is 0 Å². The number of ether oxygens (including phenoxy) is 1. The number of hydrogen-bond donors (Lipinski definition) is 1. The monoisotopic (exact) mass is 306 g/mol. The van der Waals surface area contributed by atoms with Crippen molar-refractivity contribution in [1.82, 2.24) is 20.3 Å². The van der Waals surface area contributed by atoms with Crippen LogP contribution in [-0.4, -0.2) is 38.1 Å². The van der Waals surface area contributed by atoms with E-state index in [1.165, 1.54) is 6.42 Å². The SMILES string of the molecule is CC1(C)C[C@@H](NC(=O)Cn2nnc3c2CCCC3)C(C)(C)O1. The minimum atomic E-state index is -0.346. The number of aryl methyl sites for hydroxylation is 1. The summed E-state index contributed by atoms with van der Waals surface area (Å²) in [5.41, 5.74) is 1.64. The molecule has 1 N–H and O–H groups in total. The van der Waals surface area contributed by atoms with Gasteiger partial charge in [0.25, 0.3) is 0 Å². The second-order valence-corrected chi connectivity index (χ2v) is 7.64. The first-order valence-electron chi connectivity index (χ1n) is 8.18. The fourth-order valence-corrected chi connectivity index (χ4v) is 3.71. The summed E-state index contributed by atoms with van der Waals surface area (Å²) in [6.45, 7) is 8.44. The minimum absolute atomic E-state index is 0.0161. The summed E-state index contributed by atoms with van der Waals surface area (Å²) >= 11 is 0. The van der Waals surface area contributed by atoms with Gasteiger partial charge in [0.2, 0.25) is 5.91 Å². The standard InChI is InChI=1S/C16H26N4O2/c1-15(2)9-13(16(3,4)22-15)17-14(21)10-20-12-8-6-5-7-11(12)18-19-20/h13H,5-10H2,1-4H3,(H,17,21)/t13-/m1/s1. The third-order valence-electron chi connectivity index (χ3n) is 4.70. The Morgan fingerprint density at radius 1 is 1.32 bits per heavy atom. The van der Waals surface area contributed by atoms with E-state index in [0.29, 0.717) is 0 Å². The van der Waals surface area contributed by atoms with Crippen molar-refractivity contribution in [1.29, 1.82) is 0 Å². The third-order valence-corrected chi connectivity index (χ3v) is 4.70. The Morgan fingerprint density at radius 2 is 2.05 bits per heavy atom. The number of nitrogens with one attached hydrogen (secondary N) is 1. The van der Waals surface area contributed by atoms with Gasteiger partial charge in [0.1, 0.15) is 6.54 Å². The van der Waals surface area contributed by atoms with Gasteiger partial charge in [-0.15, -0.1) is 5.10 Å². The van der Waals surface area contributed by atoms with Gasteiger partial charge in [0.05, 0.1) is 28.6 Å². The highest BCUT2D eigenvalue weighted by molar-refractivity contribution is 5.76. The van der Waals surface area contributed by atoms with E-state index in [-0.39, 0.29) is 29.7 Å². The van der Waals surface area contributed by atoms with Crippen LogP contribution >= 0.6 is 0 Å². The number of fused-ring (bicyclic) bond motifs is 1. The summed E-state index contributed by atoms with van der Waals surface area (Å²) in [7, 11) is 0. The van der Waals surface area contributed by atoms with Crippen LogP contribution in [0.5, 0.6) is 0 Å². The molecule has 0 aromatic carbocycles. The predicted octanol–water partition coefficient (Wildman–Crippen LogP) is 1.62. The molecule has 2 aliphatic rings. The summed E-state index contributed by atoms with van der Waals surface area (Å²) in [4.78, 5) is 12.4. The Morgan fingerprint density at radius 3 is 2.73 bits per heavy atom. The van der Waals surface area contributed by atoms with E-state index in [0.717, 1.165) is 37.1 Å². The van der Waals surface area contributed by atoms with E-state index in [4.69, 9.17) is 4.74 Å². The van der Waals surface area contributed by atoms with Crippen LogP contribution in [0.15, 0.2) is 0 Å². The fraction of sp³-hybridized carbons (Fsp3) is 0.812. The molecule has 2 heterocycles. The van der Waals surface area contributed by atoms with Gasteiger partial charge in [-0.3, -0.25) is 4.79 Å². The van der Waals surface area contributed by atoms with Crippen LogP contribution in [0.4, 0.5) is 0 Å². The molecule has 1 atom stereocenters. The van der Waals surface area contributed by atoms with Crippen molar-refractivity contribution in [3.63, 3.8) is 0 Å². The number of aromatic nitrogens is 3. The lowest BCUT2D eigenvalue weighted by molar-refractivity contribution is -0.124. The molecule has 6 nitrogen and oxygen atoms in total. The van der Waals surface area contributed by atoms with E-state index >= 15 is 0 Å². The number of hydrogen-bond acceptors (Lipinski definition) is 4. The van der Waals surface area contributed by atoms with Crippen LogP contribution in [-0.2, 0) is 28.9 Å². The van der Waals surface area contributed by atoms with E-state index in [2.05, 4.69) is 29.5 Å². The molecule has 0 saturated carbocycles. The van der Waals surface area contributed by atoms with Gasteiger partial charge < -0.3 is 10.1 Å². The molecule has 0 unspecified atom stereocenters. The first-order valence-corrected chi connectivity index (χ1v) is 8.18. The van der Waals surface area contributed by atoms with Gasteiger partial charge in [-0.1, -0.05) is 5.21 Å². The van der Waals surface area contributed by atoms with E-state index in [1.807, 2.05) is 13.8 Å². The molecule has 0 radical (unpaired) electrons. The molecular weight excluding hydrogens is 280 g/mol. The van der Waals surface area contributed by atoms with Gasteiger partial charge in [0.15, 0.2) is 0 Å². The molecule has 0 bridgehead atoms. The predicted molar refractivity (Wildman–Crippen MR) is 82.5 cm³/mol. The van der Waals surface area contributed by atoms with Crippen molar-refractivity contribution in [3.05, 3.63) is 11.4 Å². The molecule has 1 aromatic heterocycles. The summed E-state index contributed by atoms with van der Waals surface area (Å²) in [5.74, 6) is -0.0161. The summed E-state index contributed by atoms with van der Waals surface area (Å²) in [6, 6.07) is 0.0225. The maximum absolute atomic E-state index is 12.4. The second-order valence-electron chi connectivity index (χ2n) is 7.64. The van der Waals surface area contributed by atoms with Crippen molar-refractivity contribution in [2.75, 3.05) is 0 Å². The third kappa shape index (κ3) is 3.02. The van der Waals surface area contributed by atoms with Gasteiger partial charge in [-0.2, -0.15) is 0 Å². The Labute approximate surface area is 131 Å². The van der Waals surface area contributed by atoms with E-state index < -0.39 is 0 Å². The van der Waals surface area contributed by atoms with Crippen molar-refractivity contribution in [2.45, 2.75) is 83.6 Å². The summed E-state index contributed by atoms with van der Waals surface area (Å²) in [6.07, 6.45) is 5.09. The minimum Gasteiger partial charge on any atom is -0.367 e. The highest BCUT2D eigenvalue weighted by Gasteiger charge is 2.46. The van der Waals surface area contributed by atoms with E-state index in [9.17, 15) is 4.79 Å². The molecule has 1 aromatic rings. The Kier molecular flexibility index (Phi) is 3.75. The molecule has 122 valence electrons. The van der Waals surface area contributed by atoms with Gasteiger partial charge in [-0.05, 0) is 59.8 Å². The fourth-order valence-electron chi connectivity index (χ4n) is 3.71. The highest BCUT2D eigenvalue weighted by atomic mass is 16.5. The number of rotatable bonds is 3. The van der Waals surface area contributed by atoms with Gasteiger partial charge >= 0.3 is 0 Å². The van der Waals surface area contributed by atoms with Crippen molar-refractivity contribution < 1.29 is 9.53 Å². The molecule has 3 rings (SSSR count). The van der Waals surface area contributed by atoms with Crippen LogP contribution in [0.1, 0.15) is 58.3 Å². The Bertz CT molecular complexity index is 577. The maximum atomic E-state index is 12.4. The first-order chi connectivity index (χ1) is 10.3. The van der Waals surface area contributed by atoms with Gasteiger partial charge in [-0.25, -0.2) is 4.68 Å². The zero-order valence-corrected chi connectivity index (χ0v) is 14.0. The summed E-state index contributed by atoms with van der Waals surface area (Å²) < 4.78 is 7.79. The average Bonchev–Trinajstić information content (AvgIpc) is 2.88. The molecule has 1 amide bonds. The maximum Gasteiger partial charge on any atom is 0.242 e. The number of nitrogens with zero attached hydrogens (tertiary/aromatic N) is 3. The average molecular weight is 306 g/mol. The van der Waals surface area contributed by atoms with Crippen LogP contribution in [0.25, 0.3) is 0 Å². The highest BCUT2D eigenvalue weighted by Crippen LogP contribution is 2.37. The van der Waals surface area contributed by atoms with Crippen LogP contribution in [0, 0.1) is 0 Å². The van der Waals surface area contributed by atoms with Crippen LogP contribution < -0.4 is 5.32 Å². The van der Waals surface area contributed by atoms with Gasteiger partial charge in [0, 0.05) is 0 Å². The molecule has 0 spiro atoms. The molecule has 1 fully saturated rings. The van der Waals surface area contributed by atoms with Crippen molar-refractivity contribution >= 4 is 5.91 Å². The number of amides is 1. The second kappa shape index (κ2) is 5.33. The normalized spacial score (nSPS) is 25.7. The Balaban J connectivity index is 1.65. The molecule has 22 heavy (non-hydrogen) atoms. The Hall–Kier alpha value is -1.43. The molecule has 6 heteroatoms. The topological polar surface area (TPSA) is 69.0 Å². The molecule has 1 saturated heterocycles. The zero-order chi connectivity index (χ0) is 16.0. The number of carbonyl (C=O) groups excluding carboxylic acids is 1. The molecular formula is C16H26N4O2. The van der Waals surface area contributed by atoms with Crippen molar-refractivity contribution in [3.8, 4) is 0 Å². The first kappa shape index (κ1) is 15.5. The smallest absolute Gasteiger partial charge is 0.242 e. The molecule has 1 aliphatic heterocycles. The molecule has 1 aliphatic carbocycles. The lowest BCUT2D eigenvalue weighted by Gasteiger charge is -2.27. The zero-order valence-electron chi connectivity index (χ0n) is 14.0. The quantitative estimate of drug-likeness (QED) is 0.921. The van der Waals surface area contributed by atoms with Crippen LogP contribution in [0.3, 0.4) is 0 Å². The lowest BCUT2D eigenvalue weighted by Crippen LogP contribution is -2.47. The van der Waals surface area contributed by atoms with E-state index in [1.54, 1.807) is 4.68 Å². The summed E-state index contributed by atoms with van der Waals surface area (Å²) in [5, 5.41) is 11.5. The lowest BCUT2D eigenvalue weighted by atomic mass is 9.94.